The van der Waals surface area contributed by atoms with Gasteiger partial charge < -0.3 is 4.74 Å². The molecular formula is C16H14F2O2. The molecule has 0 atom stereocenters. The number of halogens is 2. The minimum Gasteiger partial charge on any atom is -0.435 e. The molecule has 0 amide bonds. The number of alkyl halides is 2. The fraction of sp³-hybridized carbons (Fsp3) is 0.188. The van der Waals surface area contributed by atoms with Crippen molar-refractivity contribution < 1.29 is 18.3 Å². The van der Waals surface area contributed by atoms with Crippen molar-refractivity contribution in [2.45, 2.75) is 20.0 Å². The number of hydrogen-bond acceptors (Lipinski definition) is 2. The van der Waals surface area contributed by atoms with E-state index in [1.54, 1.807) is 6.07 Å². The van der Waals surface area contributed by atoms with Crippen LogP contribution in [0.4, 0.5) is 8.78 Å². The zero-order chi connectivity index (χ0) is 14.5. The molecule has 0 fully saturated rings. The van der Waals surface area contributed by atoms with E-state index < -0.39 is 6.61 Å². The van der Waals surface area contributed by atoms with Gasteiger partial charge in [0.05, 0.1) is 0 Å². The highest BCUT2D eigenvalue weighted by Crippen LogP contribution is 2.17. The lowest BCUT2D eigenvalue weighted by molar-refractivity contribution is -0.0498. The molecule has 0 N–H and O–H groups in total. The van der Waals surface area contributed by atoms with E-state index in [0.29, 0.717) is 5.56 Å². The Morgan fingerprint density at radius 2 is 1.90 bits per heavy atom. The summed E-state index contributed by atoms with van der Waals surface area (Å²) in [6, 6.07) is 13.5. The van der Waals surface area contributed by atoms with Gasteiger partial charge in [0.15, 0.2) is 5.78 Å². The van der Waals surface area contributed by atoms with Gasteiger partial charge in [-0.15, -0.1) is 0 Å². The maximum atomic E-state index is 12.1. The Hall–Kier alpha value is -2.23. The van der Waals surface area contributed by atoms with Crippen LogP contribution in [0.1, 0.15) is 21.5 Å². The first kappa shape index (κ1) is 14.2. The van der Waals surface area contributed by atoms with Crippen LogP contribution in [0.3, 0.4) is 0 Å². The average molecular weight is 276 g/mol. The van der Waals surface area contributed by atoms with E-state index in [-0.39, 0.29) is 18.0 Å². The first-order valence-corrected chi connectivity index (χ1v) is 6.18. The second kappa shape index (κ2) is 6.28. The zero-order valence-electron chi connectivity index (χ0n) is 11.0. The number of aryl methyl sites for hydroxylation is 1. The number of hydrogen-bond donors (Lipinski definition) is 0. The molecule has 4 heteroatoms. The lowest BCUT2D eigenvalue weighted by Gasteiger charge is -2.07. The largest absolute Gasteiger partial charge is 0.435 e. The summed E-state index contributed by atoms with van der Waals surface area (Å²) in [7, 11) is 0. The Kier molecular flexibility index (Phi) is 4.45. The molecule has 0 aliphatic rings. The Morgan fingerprint density at radius 1 is 1.15 bits per heavy atom. The van der Waals surface area contributed by atoms with Gasteiger partial charge in [-0.3, -0.25) is 4.79 Å². The van der Waals surface area contributed by atoms with Crippen LogP contribution in [0.25, 0.3) is 0 Å². The summed E-state index contributed by atoms with van der Waals surface area (Å²) in [6.07, 6.45) is 0.236. The van der Waals surface area contributed by atoms with Crippen LogP contribution in [-0.2, 0) is 6.42 Å². The first-order valence-electron chi connectivity index (χ1n) is 6.18. The van der Waals surface area contributed by atoms with Crippen LogP contribution in [-0.4, -0.2) is 12.4 Å². The van der Waals surface area contributed by atoms with E-state index >= 15 is 0 Å². The van der Waals surface area contributed by atoms with Crippen molar-refractivity contribution in [2.75, 3.05) is 0 Å². The van der Waals surface area contributed by atoms with Crippen LogP contribution in [0.2, 0.25) is 0 Å². The Bertz CT molecular complexity index is 609. The molecule has 0 unspecified atom stereocenters. The van der Waals surface area contributed by atoms with Crippen LogP contribution in [0, 0.1) is 6.92 Å². The standard InChI is InChI=1S/C16H14F2O2/c1-11-4-2-5-12(8-11)9-15(19)13-6-3-7-14(10-13)20-16(17)18/h2-8,10,16H,9H2,1H3. The van der Waals surface area contributed by atoms with Gasteiger partial charge in [0.2, 0.25) is 0 Å². The number of benzene rings is 2. The van der Waals surface area contributed by atoms with Gasteiger partial charge in [-0.2, -0.15) is 8.78 Å². The molecule has 2 rings (SSSR count). The van der Waals surface area contributed by atoms with Crippen LogP contribution in [0.15, 0.2) is 48.5 Å². The molecule has 20 heavy (non-hydrogen) atoms. The van der Waals surface area contributed by atoms with E-state index in [9.17, 15) is 13.6 Å². The lowest BCUT2D eigenvalue weighted by atomic mass is 10.0. The Labute approximate surface area is 116 Å². The van der Waals surface area contributed by atoms with Crippen molar-refractivity contribution >= 4 is 5.78 Å². The number of carbonyl (C=O) groups excluding carboxylic acids is 1. The summed E-state index contributed by atoms with van der Waals surface area (Å²) in [6.45, 7) is -0.942. The van der Waals surface area contributed by atoms with Gasteiger partial charge in [-0.25, -0.2) is 0 Å². The van der Waals surface area contributed by atoms with Gasteiger partial charge >= 0.3 is 6.61 Å². The van der Waals surface area contributed by atoms with Gasteiger partial charge in [-0.1, -0.05) is 42.0 Å². The normalized spacial score (nSPS) is 10.6. The van der Waals surface area contributed by atoms with Gasteiger partial charge in [0.25, 0.3) is 0 Å². The molecule has 104 valence electrons. The number of ether oxygens (including phenoxy) is 1. The smallest absolute Gasteiger partial charge is 0.387 e. The van der Waals surface area contributed by atoms with Gasteiger partial charge in [0.1, 0.15) is 5.75 Å². The first-order chi connectivity index (χ1) is 9.54. The molecule has 0 bridgehead atoms. The second-order valence-corrected chi connectivity index (χ2v) is 4.50. The maximum Gasteiger partial charge on any atom is 0.387 e. The Morgan fingerprint density at radius 3 is 2.60 bits per heavy atom. The summed E-state index contributed by atoms with van der Waals surface area (Å²) < 4.78 is 28.6. The molecule has 0 heterocycles. The van der Waals surface area contributed by atoms with Crippen LogP contribution >= 0.6 is 0 Å². The van der Waals surface area contributed by atoms with Crippen molar-refractivity contribution in [1.82, 2.24) is 0 Å². The average Bonchev–Trinajstić information content (AvgIpc) is 2.38. The molecular weight excluding hydrogens is 262 g/mol. The highest BCUT2D eigenvalue weighted by Gasteiger charge is 2.10. The highest BCUT2D eigenvalue weighted by molar-refractivity contribution is 5.97. The highest BCUT2D eigenvalue weighted by atomic mass is 19.3. The Balaban J connectivity index is 2.13. The fourth-order valence-corrected chi connectivity index (χ4v) is 1.96. The van der Waals surface area contributed by atoms with Crippen molar-refractivity contribution in [3.63, 3.8) is 0 Å². The van der Waals surface area contributed by atoms with Crippen molar-refractivity contribution in [1.29, 1.82) is 0 Å². The summed E-state index contributed by atoms with van der Waals surface area (Å²) in [4.78, 5) is 12.1. The number of ketones is 1. The minimum atomic E-state index is -2.89. The summed E-state index contributed by atoms with van der Waals surface area (Å²) in [5.41, 5.74) is 2.34. The molecule has 2 aromatic carbocycles. The van der Waals surface area contributed by atoms with Crippen molar-refractivity contribution in [2.24, 2.45) is 0 Å². The molecule has 0 radical (unpaired) electrons. The summed E-state index contributed by atoms with van der Waals surface area (Å²) >= 11 is 0. The molecule has 0 aromatic heterocycles. The number of rotatable bonds is 5. The number of Topliss-reactive ketones (excluding diaryl/α,β-unsaturated/α-hetero) is 1. The molecule has 0 saturated heterocycles. The SMILES string of the molecule is Cc1cccc(CC(=O)c2cccc(OC(F)F)c2)c1. The molecule has 0 spiro atoms. The summed E-state index contributed by atoms with van der Waals surface area (Å²) in [5, 5.41) is 0. The molecule has 0 aliphatic carbocycles. The van der Waals surface area contributed by atoms with E-state index in [1.807, 2.05) is 31.2 Å². The topological polar surface area (TPSA) is 26.3 Å². The third-order valence-electron chi connectivity index (χ3n) is 2.83. The van der Waals surface area contributed by atoms with E-state index in [2.05, 4.69) is 4.74 Å². The molecule has 0 saturated carbocycles. The lowest BCUT2D eigenvalue weighted by Crippen LogP contribution is -2.06. The predicted molar refractivity (Wildman–Crippen MR) is 72.3 cm³/mol. The maximum absolute atomic E-state index is 12.1. The van der Waals surface area contributed by atoms with E-state index in [1.165, 1.54) is 18.2 Å². The van der Waals surface area contributed by atoms with Crippen LogP contribution < -0.4 is 4.74 Å². The van der Waals surface area contributed by atoms with Crippen LogP contribution in [0.5, 0.6) is 5.75 Å². The third kappa shape index (κ3) is 3.88. The quantitative estimate of drug-likeness (QED) is 0.771. The minimum absolute atomic E-state index is 0.00454. The number of carbonyl (C=O) groups is 1. The molecule has 0 aliphatic heterocycles. The third-order valence-corrected chi connectivity index (χ3v) is 2.83. The van der Waals surface area contributed by atoms with Crippen molar-refractivity contribution in [3.05, 3.63) is 65.2 Å². The van der Waals surface area contributed by atoms with Crippen molar-refractivity contribution in [3.8, 4) is 5.75 Å². The molecule has 2 aromatic rings. The van der Waals surface area contributed by atoms with Gasteiger partial charge in [0, 0.05) is 12.0 Å². The monoisotopic (exact) mass is 276 g/mol. The zero-order valence-corrected chi connectivity index (χ0v) is 11.0. The second-order valence-electron chi connectivity index (χ2n) is 4.50. The summed E-state index contributed by atoms with van der Waals surface area (Å²) in [5.74, 6) is -0.134. The molecule has 2 nitrogen and oxygen atoms in total. The van der Waals surface area contributed by atoms with Gasteiger partial charge in [-0.05, 0) is 24.6 Å². The fourth-order valence-electron chi connectivity index (χ4n) is 1.96. The van der Waals surface area contributed by atoms with E-state index in [0.717, 1.165) is 11.1 Å². The predicted octanol–water partition coefficient (Wildman–Crippen LogP) is 4.02. The van der Waals surface area contributed by atoms with E-state index in [4.69, 9.17) is 0 Å².